The summed E-state index contributed by atoms with van der Waals surface area (Å²) in [5, 5.41) is 10.4. The fourth-order valence-corrected chi connectivity index (χ4v) is 5.77. The Balaban J connectivity index is 1.76. The lowest BCUT2D eigenvalue weighted by Crippen LogP contribution is -2.47. The van der Waals surface area contributed by atoms with Gasteiger partial charge in [-0.2, -0.15) is 5.10 Å². The molecule has 2 N–H and O–H groups in total. The van der Waals surface area contributed by atoms with E-state index in [1.807, 2.05) is 13.8 Å². The maximum absolute atomic E-state index is 13.3. The Labute approximate surface area is 203 Å². The number of ether oxygens (including phenoxy) is 2. The van der Waals surface area contributed by atoms with Crippen LogP contribution in [0, 0.1) is 23.2 Å². The van der Waals surface area contributed by atoms with Crippen LogP contribution in [0.1, 0.15) is 84.0 Å². The summed E-state index contributed by atoms with van der Waals surface area (Å²) >= 11 is 0. The van der Waals surface area contributed by atoms with Gasteiger partial charge >= 0.3 is 6.09 Å². The molecule has 0 aromatic carbocycles. The number of aromatic nitrogens is 2. The van der Waals surface area contributed by atoms with Gasteiger partial charge in [-0.05, 0) is 75.2 Å². The molecule has 0 spiro atoms. The van der Waals surface area contributed by atoms with Crippen molar-refractivity contribution in [3.05, 3.63) is 17.8 Å². The summed E-state index contributed by atoms with van der Waals surface area (Å²) in [6, 6.07) is 0.170. The van der Waals surface area contributed by atoms with Crippen molar-refractivity contribution in [2.75, 3.05) is 13.7 Å². The Morgan fingerprint density at radius 2 is 2.03 bits per heavy atom. The maximum atomic E-state index is 13.3. The number of hydrogen-bond donors (Lipinski definition) is 2. The van der Waals surface area contributed by atoms with Gasteiger partial charge in [0.25, 0.3) is 5.91 Å². The second-order valence-electron chi connectivity index (χ2n) is 11.7. The van der Waals surface area contributed by atoms with E-state index in [2.05, 4.69) is 43.4 Å². The van der Waals surface area contributed by atoms with Gasteiger partial charge in [0.2, 0.25) is 5.88 Å². The van der Waals surface area contributed by atoms with E-state index in [1.165, 1.54) is 26.4 Å². The van der Waals surface area contributed by atoms with Gasteiger partial charge in [0.05, 0.1) is 25.5 Å². The Morgan fingerprint density at radius 3 is 2.68 bits per heavy atom. The van der Waals surface area contributed by atoms with Gasteiger partial charge in [0.15, 0.2) is 0 Å². The number of carbonyl (C=O) groups is 2. The second kappa shape index (κ2) is 10.4. The number of nitrogens with zero attached hydrogens (tertiary/aromatic N) is 2. The van der Waals surface area contributed by atoms with Gasteiger partial charge in [0.1, 0.15) is 5.56 Å². The molecule has 2 amide bonds. The number of amides is 2. The molecular weight excluding hydrogens is 432 g/mol. The van der Waals surface area contributed by atoms with E-state index in [9.17, 15) is 9.59 Å². The van der Waals surface area contributed by atoms with Crippen LogP contribution in [0.5, 0.6) is 5.88 Å². The minimum Gasteiger partial charge on any atom is -0.477 e. The van der Waals surface area contributed by atoms with E-state index in [0.717, 1.165) is 18.8 Å². The van der Waals surface area contributed by atoms with E-state index in [4.69, 9.17) is 9.47 Å². The summed E-state index contributed by atoms with van der Waals surface area (Å²) < 4.78 is 12.3. The molecule has 1 aromatic heterocycles. The fraction of sp³-hybridized carbons (Fsp3) is 0.731. The van der Waals surface area contributed by atoms with Crippen molar-refractivity contribution in [1.29, 1.82) is 0 Å². The van der Waals surface area contributed by atoms with Crippen LogP contribution in [-0.2, 0) is 4.74 Å². The first kappa shape index (κ1) is 26.1. The molecule has 0 saturated heterocycles. The lowest BCUT2D eigenvalue weighted by atomic mass is 9.59. The second-order valence-corrected chi connectivity index (χ2v) is 11.7. The van der Waals surface area contributed by atoms with Crippen LogP contribution >= 0.6 is 0 Å². The van der Waals surface area contributed by atoms with Gasteiger partial charge in [-0.3, -0.25) is 4.79 Å². The molecule has 2 aliphatic rings. The SMILES string of the molecule is COC(=O)NC(C)(C)/C=C/n1ncc(C(=O)NC2CC3CC(C)C[C@](C)(C3)C2)c1OCC(C)C. The Morgan fingerprint density at radius 1 is 1.29 bits per heavy atom. The van der Waals surface area contributed by atoms with Crippen LogP contribution in [0.2, 0.25) is 0 Å². The van der Waals surface area contributed by atoms with E-state index in [-0.39, 0.29) is 11.9 Å². The molecule has 2 saturated carbocycles. The number of carbonyl (C=O) groups excluding carboxylic acids is 2. The molecule has 3 unspecified atom stereocenters. The maximum Gasteiger partial charge on any atom is 0.407 e. The molecule has 0 aliphatic heterocycles. The van der Waals surface area contributed by atoms with Gasteiger partial charge in [-0.25, -0.2) is 9.48 Å². The molecule has 1 aromatic rings. The molecule has 8 nitrogen and oxygen atoms in total. The summed E-state index contributed by atoms with van der Waals surface area (Å²) in [6.07, 6.45) is 10.3. The summed E-state index contributed by atoms with van der Waals surface area (Å²) in [7, 11) is 1.33. The van der Waals surface area contributed by atoms with Gasteiger partial charge in [-0.1, -0.05) is 27.7 Å². The Kier molecular flexibility index (Phi) is 7.98. The molecule has 34 heavy (non-hydrogen) atoms. The predicted octanol–water partition coefficient (Wildman–Crippen LogP) is 4.86. The topological polar surface area (TPSA) is 94.5 Å². The van der Waals surface area contributed by atoms with Crippen LogP contribution in [-0.4, -0.2) is 47.1 Å². The van der Waals surface area contributed by atoms with Crippen LogP contribution in [0.25, 0.3) is 6.20 Å². The van der Waals surface area contributed by atoms with Crippen LogP contribution in [0.3, 0.4) is 0 Å². The lowest BCUT2D eigenvalue weighted by Gasteiger charge is -2.48. The molecule has 0 radical (unpaired) electrons. The van der Waals surface area contributed by atoms with Crippen molar-refractivity contribution in [2.24, 2.45) is 23.2 Å². The van der Waals surface area contributed by atoms with Crippen molar-refractivity contribution in [1.82, 2.24) is 20.4 Å². The highest BCUT2D eigenvalue weighted by Crippen LogP contribution is 2.50. The lowest BCUT2D eigenvalue weighted by molar-refractivity contribution is 0.0396. The van der Waals surface area contributed by atoms with Gasteiger partial charge in [0, 0.05) is 12.2 Å². The number of fused-ring (bicyclic) bond motifs is 2. The zero-order valence-electron chi connectivity index (χ0n) is 21.8. The van der Waals surface area contributed by atoms with E-state index < -0.39 is 11.6 Å². The minimum absolute atomic E-state index is 0.146. The summed E-state index contributed by atoms with van der Waals surface area (Å²) in [5.41, 5.74) is 0.0578. The standard InChI is InChI=1S/C26H42N4O4/c1-17(2)16-34-23-21(15-27-30(23)9-8-25(4,5)29-24(32)33-7)22(31)28-20-11-19-10-18(3)12-26(6,13-19)14-20/h8-9,15,17-20H,10-14,16H2,1-7H3,(H,28,31)(H,29,32)/b9-8+/t18?,19?,20?,26-/m1/s1. The number of alkyl carbamates (subject to hydrolysis) is 1. The summed E-state index contributed by atoms with van der Waals surface area (Å²) in [4.78, 5) is 24.9. The normalized spacial score (nSPS) is 27.0. The minimum atomic E-state index is -0.677. The molecule has 2 aliphatic carbocycles. The highest BCUT2D eigenvalue weighted by Gasteiger charge is 2.42. The van der Waals surface area contributed by atoms with Gasteiger partial charge < -0.3 is 20.1 Å². The highest BCUT2D eigenvalue weighted by atomic mass is 16.5. The zero-order valence-corrected chi connectivity index (χ0v) is 21.8. The predicted molar refractivity (Wildman–Crippen MR) is 133 cm³/mol. The van der Waals surface area contributed by atoms with Crippen molar-refractivity contribution in [2.45, 2.75) is 85.2 Å². The van der Waals surface area contributed by atoms with E-state index in [0.29, 0.717) is 35.3 Å². The Bertz CT molecular complexity index is 903. The number of methoxy groups -OCH3 is 1. The molecule has 4 atom stereocenters. The van der Waals surface area contributed by atoms with Crippen LogP contribution in [0.15, 0.2) is 12.3 Å². The Hall–Kier alpha value is -2.51. The first-order valence-corrected chi connectivity index (χ1v) is 12.5. The van der Waals surface area contributed by atoms with Crippen LogP contribution in [0.4, 0.5) is 4.79 Å². The van der Waals surface area contributed by atoms with Crippen molar-refractivity contribution in [3.8, 4) is 5.88 Å². The third kappa shape index (κ3) is 6.76. The molecule has 3 rings (SSSR count). The number of hydrogen-bond acceptors (Lipinski definition) is 5. The molecular formula is C26H42N4O4. The summed E-state index contributed by atoms with van der Waals surface area (Å²) in [6.45, 7) is 13.0. The quantitative estimate of drug-likeness (QED) is 0.561. The third-order valence-electron chi connectivity index (χ3n) is 6.84. The zero-order chi connectivity index (χ0) is 25.1. The monoisotopic (exact) mass is 474 g/mol. The molecule has 2 bridgehead atoms. The molecule has 1 heterocycles. The first-order valence-electron chi connectivity index (χ1n) is 12.5. The number of nitrogens with one attached hydrogen (secondary N) is 2. The fourth-order valence-electron chi connectivity index (χ4n) is 5.77. The molecule has 2 fully saturated rings. The average molecular weight is 475 g/mol. The summed E-state index contributed by atoms with van der Waals surface area (Å²) in [5.74, 6) is 2.00. The largest absolute Gasteiger partial charge is 0.477 e. The van der Waals surface area contributed by atoms with Crippen molar-refractivity contribution >= 4 is 18.2 Å². The van der Waals surface area contributed by atoms with E-state index in [1.54, 1.807) is 23.2 Å². The van der Waals surface area contributed by atoms with E-state index >= 15 is 0 Å². The third-order valence-corrected chi connectivity index (χ3v) is 6.84. The number of rotatable bonds is 8. The van der Waals surface area contributed by atoms with Gasteiger partial charge in [-0.15, -0.1) is 0 Å². The molecule has 8 heteroatoms. The molecule has 190 valence electrons. The first-order chi connectivity index (χ1) is 15.9. The smallest absolute Gasteiger partial charge is 0.407 e. The van der Waals surface area contributed by atoms with Crippen LogP contribution < -0.4 is 15.4 Å². The van der Waals surface area contributed by atoms with Crippen molar-refractivity contribution in [3.63, 3.8) is 0 Å². The van der Waals surface area contributed by atoms with Crippen molar-refractivity contribution < 1.29 is 19.1 Å². The average Bonchev–Trinajstić information content (AvgIpc) is 3.11. The highest BCUT2D eigenvalue weighted by molar-refractivity contribution is 5.96.